The number of rotatable bonds is 1. The molecule has 2 atom stereocenters. The van der Waals surface area contributed by atoms with Gasteiger partial charge in [-0.1, -0.05) is 24.3 Å². The average molecular weight is 160 g/mol. The molecule has 2 aliphatic carbocycles. The van der Waals surface area contributed by atoms with Crippen LogP contribution in [0.2, 0.25) is 0 Å². The Morgan fingerprint density at radius 3 is 3.00 bits per heavy atom. The Hall–Kier alpha value is -0.820. The Labute approximate surface area is 72.0 Å². The molecule has 0 saturated heterocycles. The molecule has 0 aliphatic heterocycles. The van der Waals surface area contributed by atoms with Crippen LogP contribution in [0.3, 0.4) is 0 Å². The van der Waals surface area contributed by atoms with Crippen LogP contribution < -0.4 is 0 Å². The molecule has 1 aromatic carbocycles. The molecule has 0 radical (unpaired) electrons. The van der Waals surface area contributed by atoms with Crippen LogP contribution in [-0.2, 0) is 6.42 Å². The van der Waals surface area contributed by atoms with Gasteiger partial charge in [0.05, 0.1) is 0 Å². The van der Waals surface area contributed by atoms with Crippen molar-refractivity contribution >= 4 is 0 Å². The van der Waals surface area contributed by atoms with Gasteiger partial charge in [0.1, 0.15) is 0 Å². The second-order valence-corrected chi connectivity index (χ2v) is 4.15. The van der Waals surface area contributed by atoms with Gasteiger partial charge >= 0.3 is 0 Å². The Morgan fingerprint density at radius 1 is 1.42 bits per heavy atom. The van der Waals surface area contributed by atoms with Crippen molar-refractivity contribution in [2.75, 3.05) is 6.61 Å². The largest absolute Gasteiger partial charge is 0.396 e. The first-order valence-corrected chi connectivity index (χ1v) is 4.54. The summed E-state index contributed by atoms with van der Waals surface area (Å²) < 4.78 is 0. The maximum absolute atomic E-state index is 9.24. The van der Waals surface area contributed by atoms with Gasteiger partial charge in [0, 0.05) is 12.0 Å². The molecule has 0 bridgehead atoms. The molecule has 12 heavy (non-hydrogen) atoms. The smallest absolute Gasteiger partial charge is 0.0496 e. The first-order valence-electron chi connectivity index (χ1n) is 4.54. The van der Waals surface area contributed by atoms with Crippen LogP contribution in [-0.4, -0.2) is 11.7 Å². The maximum atomic E-state index is 9.24. The molecule has 1 N–H and O–H groups in total. The van der Waals surface area contributed by atoms with E-state index in [0.29, 0.717) is 12.5 Å². The zero-order valence-corrected chi connectivity index (χ0v) is 6.96. The van der Waals surface area contributed by atoms with Gasteiger partial charge in [0.25, 0.3) is 0 Å². The summed E-state index contributed by atoms with van der Waals surface area (Å²) in [6, 6.07) is 8.60. The van der Waals surface area contributed by atoms with E-state index in [1.54, 1.807) is 0 Å². The van der Waals surface area contributed by atoms with Crippen LogP contribution in [0.15, 0.2) is 24.3 Å². The van der Waals surface area contributed by atoms with E-state index in [2.05, 4.69) is 24.3 Å². The van der Waals surface area contributed by atoms with Crippen molar-refractivity contribution in [2.45, 2.75) is 18.8 Å². The fourth-order valence-corrected chi connectivity index (χ4v) is 2.63. The highest BCUT2D eigenvalue weighted by Gasteiger charge is 2.58. The molecule has 62 valence electrons. The van der Waals surface area contributed by atoms with E-state index in [9.17, 15) is 5.11 Å². The Morgan fingerprint density at radius 2 is 2.25 bits per heavy atom. The van der Waals surface area contributed by atoms with Crippen molar-refractivity contribution < 1.29 is 5.11 Å². The molecule has 0 amide bonds. The Kier molecular flexibility index (Phi) is 1.06. The number of fused-ring (bicyclic) bond motifs is 3. The van der Waals surface area contributed by atoms with Gasteiger partial charge in [-0.15, -0.1) is 0 Å². The first kappa shape index (κ1) is 6.67. The van der Waals surface area contributed by atoms with Crippen LogP contribution in [0, 0.1) is 5.41 Å². The lowest BCUT2D eigenvalue weighted by molar-refractivity contribution is 0.211. The van der Waals surface area contributed by atoms with Gasteiger partial charge in [-0.25, -0.2) is 0 Å². The molecule has 1 heteroatoms. The van der Waals surface area contributed by atoms with E-state index < -0.39 is 0 Å². The Balaban J connectivity index is 2.08. The second kappa shape index (κ2) is 1.91. The van der Waals surface area contributed by atoms with E-state index >= 15 is 0 Å². The summed E-state index contributed by atoms with van der Waals surface area (Å²) in [6.07, 6.45) is 2.31. The highest BCUT2D eigenvalue weighted by molar-refractivity contribution is 5.45. The van der Waals surface area contributed by atoms with Crippen molar-refractivity contribution in [3.63, 3.8) is 0 Å². The fraction of sp³-hybridized carbons (Fsp3) is 0.455. The standard InChI is InChI=1S/C11H12O/c12-7-11-5-8-3-1-2-4-9(8)10(11)6-11/h1-4,10,12H,5-7H2. The molecule has 1 aromatic rings. The van der Waals surface area contributed by atoms with Crippen LogP contribution in [0.25, 0.3) is 0 Å². The van der Waals surface area contributed by atoms with E-state index in [0.717, 1.165) is 6.42 Å². The molecule has 0 spiro atoms. The van der Waals surface area contributed by atoms with Crippen LogP contribution in [0.5, 0.6) is 0 Å². The zero-order valence-electron chi connectivity index (χ0n) is 6.96. The third-order valence-corrected chi connectivity index (χ3v) is 3.48. The summed E-state index contributed by atoms with van der Waals surface area (Å²) in [6.45, 7) is 0.367. The van der Waals surface area contributed by atoms with E-state index in [-0.39, 0.29) is 5.41 Å². The van der Waals surface area contributed by atoms with E-state index in [1.807, 2.05) is 0 Å². The van der Waals surface area contributed by atoms with Gasteiger partial charge in [-0.2, -0.15) is 0 Å². The third kappa shape index (κ3) is 0.632. The van der Waals surface area contributed by atoms with Crippen LogP contribution >= 0.6 is 0 Å². The molecule has 1 saturated carbocycles. The molecule has 0 aromatic heterocycles. The summed E-state index contributed by atoms with van der Waals surface area (Å²) in [5.74, 6) is 0.679. The normalized spacial score (nSPS) is 35.9. The van der Waals surface area contributed by atoms with E-state index in [1.165, 1.54) is 17.5 Å². The monoisotopic (exact) mass is 160 g/mol. The van der Waals surface area contributed by atoms with Gasteiger partial charge in [0.15, 0.2) is 0 Å². The maximum Gasteiger partial charge on any atom is 0.0496 e. The number of hydrogen-bond acceptors (Lipinski definition) is 1. The lowest BCUT2D eigenvalue weighted by atomic mass is 10.0. The summed E-state index contributed by atoms with van der Waals surface area (Å²) in [5.41, 5.74) is 3.22. The molecular formula is C11H12O. The van der Waals surface area contributed by atoms with Crippen molar-refractivity contribution in [1.82, 2.24) is 0 Å². The second-order valence-electron chi connectivity index (χ2n) is 4.15. The van der Waals surface area contributed by atoms with Crippen molar-refractivity contribution in [2.24, 2.45) is 5.41 Å². The number of benzene rings is 1. The van der Waals surface area contributed by atoms with Crippen LogP contribution in [0.4, 0.5) is 0 Å². The van der Waals surface area contributed by atoms with Gasteiger partial charge in [-0.3, -0.25) is 0 Å². The molecule has 2 unspecified atom stereocenters. The van der Waals surface area contributed by atoms with Crippen molar-refractivity contribution in [3.05, 3.63) is 35.4 Å². The third-order valence-electron chi connectivity index (χ3n) is 3.48. The molecule has 2 aliphatic rings. The molecular weight excluding hydrogens is 148 g/mol. The predicted octanol–water partition coefficient (Wildman–Crippen LogP) is 1.71. The molecule has 3 rings (SSSR count). The predicted molar refractivity (Wildman–Crippen MR) is 47.0 cm³/mol. The highest BCUT2D eigenvalue weighted by Crippen LogP contribution is 2.66. The van der Waals surface area contributed by atoms with Crippen molar-refractivity contribution in [3.8, 4) is 0 Å². The molecule has 1 fully saturated rings. The first-order chi connectivity index (χ1) is 5.86. The lowest BCUT2D eigenvalue weighted by Gasteiger charge is -2.05. The van der Waals surface area contributed by atoms with E-state index in [4.69, 9.17) is 0 Å². The molecule has 1 nitrogen and oxygen atoms in total. The van der Waals surface area contributed by atoms with Gasteiger partial charge < -0.3 is 5.11 Å². The SMILES string of the molecule is OCC12Cc3ccccc3C1C2. The fourth-order valence-electron chi connectivity index (χ4n) is 2.63. The minimum Gasteiger partial charge on any atom is -0.396 e. The highest BCUT2D eigenvalue weighted by atomic mass is 16.3. The number of aliphatic hydroxyl groups excluding tert-OH is 1. The Bertz CT molecular complexity index is 332. The summed E-state index contributed by atoms with van der Waals surface area (Å²) in [7, 11) is 0. The topological polar surface area (TPSA) is 20.2 Å². The van der Waals surface area contributed by atoms with Gasteiger partial charge in [-0.05, 0) is 29.9 Å². The minimum absolute atomic E-state index is 0.268. The summed E-state index contributed by atoms with van der Waals surface area (Å²) >= 11 is 0. The van der Waals surface area contributed by atoms with Crippen LogP contribution in [0.1, 0.15) is 23.5 Å². The lowest BCUT2D eigenvalue weighted by Crippen LogP contribution is -2.07. The number of hydrogen-bond donors (Lipinski definition) is 1. The van der Waals surface area contributed by atoms with Crippen molar-refractivity contribution in [1.29, 1.82) is 0 Å². The van der Waals surface area contributed by atoms with Gasteiger partial charge in [0.2, 0.25) is 0 Å². The zero-order chi connectivity index (χ0) is 8.18. The average Bonchev–Trinajstić information content (AvgIpc) is 2.75. The minimum atomic E-state index is 0.268. The summed E-state index contributed by atoms with van der Waals surface area (Å²) in [5, 5.41) is 9.24. The summed E-state index contributed by atoms with van der Waals surface area (Å²) in [4.78, 5) is 0. The number of aliphatic hydroxyl groups is 1. The molecule has 0 heterocycles. The quantitative estimate of drug-likeness (QED) is 0.663.